The molecule has 2 heterocycles. The molecule has 1 amide bonds. The normalized spacial score (nSPS) is 12.6. The minimum Gasteiger partial charge on any atom is -0.369 e. The van der Waals surface area contributed by atoms with Gasteiger partial charge in [-0.1, -0.05) is 12.1 Å². The van der Waals surface area contributed by atoms with Gasteiger partial charge in [0.25, 0.3) is 5.60 Å². The lowest BCUT2D eigenvalue weighted by molar-refractivity contribution is -0.376. The molecule has 0 spiro atoms. The number of pyridine rings is 1. The Morgan fingerprint density at radius 2 is 1.52 bits per heavy atom. The number of benzene rings is 1. The second-order valence-electron chi connectivity index (χ2n) is 6.50. The van der Waals surface area contributed by atoms with E-state index in [1.54, 1.807) is 12.1 Å². The highest BCUT2D eigenvalue weighted by Crippen LogP contribution is 2.50. The highest BCUT2D eigenvalue weighted by atomic mass is 19.4. The van der Waals surface area contributed by atoms with Crippen molar-refractivity contribution in [2.45, 2.75) is 24.9 Å². The molecule has 0 atom stereocenters. The van der Waals surface area contributed by atoms with E-state index in [2.05, 4.69) is 15.4 Å². The van der Waals surface area contributed by atoms with E-state index in [4.69, 9.17) is 0 Å². The van der Waals surface area contributed by atoms with E-state index in [0.29, 0.717) is 23.4 Å². The van der Waals surface area contributed by atoms with Gasteiger partial charge in [0, 0.05) is 36.5 Å². The quantitative estimate of drug-likeness (QED) is 0.591. The average Bonchev–Trinajstić information content (AvgIpc) is 3.09. The van der Waals surface area contributed by atoms with Crippen molar-refractivity contribution in [1.29, 1.82) is 0 Å². The van der Waals surface area contributed by atoms with Crippen molar-refractivity contribution < 1.29 is 36.2 Å². The van der Waals surface area contributed by atoms with Crippen LogP contribution in [-0.4, -0.2) is 38.1 Å². The van der Waals surface area contributed by atoms with Crippen molar-refractivity contribution in [2.75, 3.05) is 5.32 Å². The Balaban J connectivity index is 2.08. The maximum absolute atomic E-state index is 13.1. The summed E-state index contributed by atoms with van der Waals surface area (Å²) in [5.41, 5.74) is -5.40. The van der Waals surface area contributed by atoms with Gasteiger partial charge >= 0.3 is 12.4 Å². The summed E-state index contributed by atoms with van der Waals surface area (Å²) in [6, 6.07) is 7.58. The highest BCUT2D eigenvalue weighted by Gasteiger charge is 2.71. The fourth-order valence-electron chi connectivity index (χ4n) is 2.84. The fraction of sp³-hybridized carbons (Fsp3) is 0.211. The zero-order chi connectivity index (χ0) is 23.0. The van der Waals surface area contributed by atoms with Gasteiger partial charge in [0.15, 0.2) is 0 Å². The number of carbonyl (C=O) groups excluding carboxylic acids is 1. The molecule has 0 saturated heterocycles. The van der Waals surface area contributed by atoms with Crippen molar-refractivity contribution >= 4 is 11.7 Å². The third-order valence-electron chi connectivity index (χ3n) is 4.34. The molecule has 1 aromatic carbocycles. The number of rotatable bonds is 4. The first-order valence-electron chi connectivity index (χ1n) is 8.59. The summed E-state index contributed by atoms with van der Waals surface area (Å²) < 4.78 is 79.5. The summed E-state index contributed by atoms with van der Waals surface area (Å²) in [6.07, 6.45) is -8.99. The first-order chi connectivity index (χ1) is 14.3. The first kappa shape index (κ1) is 22.3. The van der Waals surface area contributed by atoms with Crippen molar-refractivity contribution in [3.63, 3.8) is 0 Å². The van der Waals surface area contributed by atoms with Crippen LogP contribution in [0.3, 0.4) is 0 Å². The summed E-state index contributed by atoms with van der Waals surface area (Å²) in [6.45, 7) is 1.22. The van der Waals surface area contributed by atoms with Gasteiger partial charge in [-0.3, -0.25) is 9.78 Å². The molecule has 0 aliphatic heterocycles. The Bertz CT molecular complexity index is 1060. The maximum atomic E-state index is 13.1. The van der Waals surface area contributed by atoms with Crippen LogP contribution in [0.2, 0.25) is 0 Å². The second-order valence-corrected chi connectivity index (χ2v) is 6.50. The Hall–Kier alpha value is -3.41. The number of alkyl halides is 6. The van der Waals surface area contributed by atoms with Gasteiger partial charge in [-0.25, -0.2) is 4.68 Å². The van der Waals surface area contributed by atoms with E-state index in [1.807, 2.05) is 0 Å². The average molecular weight is 444 g/mol. The lowest BCUT2D eigenvalue weighted by Crippen LogP contribution is -2.53. The monoisotopic (exact) mass is 444 g/mol. The molecular formula is C19H14F6N4O2. The van der Waals surface area contributed by atoms with E-state index in [0.717, 1.165) is 16.8 Å². The molecule has 164 valence electrons. The number of aliphatic hydroxyl groups is 1. The summed E-state index contributed by atoms with van der Waals surface area (Å²) >= 11 is 0. The van der Waals surface area contributed by atoms with Gasteiger partial charge < -0.3 is 10.4 Å². The predicted octanol–water partition coefficient (Wildman–Crippen LogP) is 4.20. The van der Waals surface area contributed by atoms with Crippen molar-refractivity contribution in [1.82, 2.24) is 14.8 Å². The van der Waals surface area contributed by atoms with Gasteiger partial charge in [-0.15, -0.1) is 0 Å². The van der Waals surface area contributed by atoms with Crippen LogP contribution in [0.4, 0.5) is 32.2 Å². The minimum absolute atomic E-state index is 0.0551. The van der Waals surface area contributed by atoms with Crippen LogP contribution in [0, 0.1) is 0 Å². The van der Waals surface area contributed by atoms with Crippen LogP contribution in [0.1, 0.15) is 12.5 Å². The number of amides is 1. The van der Waals surface area contributed by atoms with Crippen molar-refractivity contribution in [2.24, 2.45) is 0 Å². The van der Waals surface area contributed by atoms with Crippen molar-refractivity contribution in [3.05, 3.63) is 60.4 Å². The Labute approximate surface area is 171 Å². The molecule has 3 aromatic rings. The number of anilines is 1. The Morgan fingerprint density at radius 1 is 0.968 bits per heavy atom. The van der Waals surface area contributed by atoms with Crippen LogP contribution in [0.15, 0.2) is 54.9 Å². The fourth-order valence-corrected chi connectivity index (χ4v) is 2.84. The number of nitrogens with zero attached hydrogens (tertiary/aromatic N) is 3. The Morgan fingerprint density at radius 3 is 2.00 bits per heavy atom. The second kappa shape index (κ2) is 7.69. The van der Waals surface area contributed by atoms with E-state index in [-0.39, 0.29) is 11.5 Å². The van der Waals surface area contributed by atoms with Gasteiger partial charge in [-0.2, -0.15) is 31.4 Å². The SMILES string of the molecule is CC(=O)Nc1cc(-c2ccncc2)nn1-c1ccc(C(O)(C(F)(F)F)C(F)(F)F)cc1. The molecule has 3 rings (SSSR count). The topological polar surface area (TPSA) is 80.0 Å². The third kappa shape index (κ3) is 4.10. The molecule has 31 heavy (non-hydrogen) atoms. The molecule has 0 fully saturated rings. The Kier molecular flexibility index (Phi) is 5.53. The zero-order valence-corrected chi connectivity index (χ0v) is 15.7. The van der Waals surface area contributed by atoms with Crippen LogP contribution >= 0.6 is 0 Å². The molecule has 0 bridgehead atoms. The number of hydrogen-bond acceptors (Lipinski definition) is 4. The van der Waals surface area contributed by atoms with Crippen LogP contribution < -0.4 is 5.32 Å². The molecule has 12 heteroatoms. The van der Waals surface area contributed by atoms with E-state index in [1.165, 1.54) is 25.4 Å². The molecule has 6 nitrogen and oxygen atoms in total. The summed E-state index contributed by atoms with van der Waals surface area (Å²) in [5, 5.41) is 16.3. The maximum Gasteiger partial charge on any atom is 0.430 e. The lowest BCUT2D eigenvalue weighted by Gasteiger charge is -2.32. The summed E-state index contributed by atoms with van der Waals surface area (Å²) in [4.78, 5) is 15.4. The van der Waals surface area contributed by atoms with Crippen LogP contribution in [-0.2, 0) is 10.4 Å². The highest BCUT2D eigenvalue weighted by molar-refractivity contribution is 5.88. The van der Waals surface area contributed by atoms with E-state index in [9.17, 15) is 36.2 Å². The number of nitrogens with one attached hydrogen (secondary N) is 1. The lowest BCUT2D eigenvalue weighted by atomic mass is 9.92. The van der Waals surface area contributed by atoms with E-state index >= 15 is 0 Å². The van der Waals surface area contributed by atoms with E-state index < -0.39 is 29.4 Å². The molecule has 0 saturated carbocycles. The summed E-state index contributed by atoms with van der Waals surface area (Å²) in [5.74, 6) is -0.337. The third-order valence-corrected chi connectivity index (χ3v) is 4.34. The molecule has 0 aliphatic carbocycles. The molecule has 2 N–H and O–H groups in total. The zero-order valence-electron chi connectivity index (χ0n) is 15.7. The van der Waals surface area contributed by atoms with Crippen LogP contribution in [0.25, 0.3) is 16.9 Å². The molecule has 2 aromatic heterocycles. The molecule has 0 radical (unpaired) electrons. The largest absolute Gasteiger partial charge is 0.430 e. The number of hydrogen-bond donors (Lipinski definition) is 2. The number of aromatic nitrogens is 3. The number of halogens is 6. The van der Waals surface area contributed by atoms with Gasteiger partial charge in [0.1, 0.15) is 5.82 Å². The molecule has 0 unspecified atom stereocenters. The smallest absolute Gasteiger partial charge is 0.369 e. The summed E-state index contributed by atoms with van der Waals surface area (Å²) in [7, 11) is 0. The molecule has 0 aliphatic rings. The minimum atomic E-state index is -5.99. The predicted molar refractivity (Wildman–Crippen MR) is 97.1 cm³/mol. The standard InChI is InChI=1S/C19H14F6N4O2/c1-11(30)27-16-10-15(12-6-8-26-9-7-12)28-29(16)14-4-2-13(3-5-14)17(31,18(20,21)22)19(23,24)25/h2-10,31H,1H3,(H,27,30). The number of carbonyl (C=O) groups is 1. The van der Waals surface area contributed by atoms with Gasteiger partial charge in [0.05, 0.1) is 11.4 Å². The van der Waals surface area contributed by atoms with Gasteiger partial charge in [-0.05, 0) is 24.3 Å². The van der Waals surface area contributed by atoms with Gasteiger partial charge in [0.2, 0.25) is 5.91 Å². The first-order valence-corrected chi connectivity index (χ1v) is 8.59. The van der Waals surface area contributed by atoms with Crippen molar-refractivity contribution in [3.8, 4) is 16.9 Å². The molecular weight excluding hydrogens is 430 g/mol. The van der Waals surface area contributed by atoms with Crippen LogP contribution in [0.5, 0.6) is 0 Å².